The van der Waals surface area contributed by atoms with Crippen LogP contribution in [0.25, 0.3) is 0 Å². The van der Waals surface area contributed by atoms with E-state index in [-0.39, 0.29) is 0 Å². The molecule has 0 fully saturated rings. The maximum absolute atomic E-state index is 11.3. The zero-order valence-electron chi connectivity index (χ0n) is 10.3. The van der Waals surface area contributed by atoms with Gasteiger partial charge in [-0.3, -0.25) is 4.98 Å². The number of aliphatic carboxylic acids is 1. The summed E-state index contributed by atoms with van der Waals surface area (Å²) in [6, 6.07) is 7.98. The molecule has 1 aromatic carbocycles. The Morgan fingerprint density at radius 1 is 1.32 bits per heavy atom. The first kappa shape index (κ1) is 12.8. The smallest absolute Gasteiger partial charge is 0.330 e. The van der Waals surface area contributed by atoms with Gasteiger partial charge in [0.15, 0.2) is 6.04 Å². The minimum absolute atomic E-state index is 0.321. The molecule has 2 N–H and O–H groups in total. The molecule has 0 spiro atoms. The highest BCUT2D eigenvalue weighted by atomic mass is 16.5. The number of methoxy groups -OCH3 is 1. The number of hydrogen-bond acceptors (Lipinski definition) is 5. The Bertz CT molecular complexity index is 560. The average Bonchev–Trinajstić information content (AvgIpc) is 2.45. The van der Waals surface area contributed by atoms with E-state index in [0.717, 1.165) is 0 Å². The van der Waals surface area contributed by atoms with Crippen LogP contribution in [0.3, 0.4) is 0 Å². The number of nitrogens with one attached hydrogen (secondary N) is 1. The molecule has 1 unspecified atom stereocenters. The number of aromatic nitrogens is 2. The SMILES string of the molecule is COc1cncc(NC(C(=O)O)c2ccccc2)n1. The van der Waals surface area contributed by atoms with Gasteiger partial charge < -0.3 is 15.2 Å². The summed E-state index contributed by atoms with van der Waals surface area (Å²) in [6.07, 6.45) is 2.89. The summed E-state index contributed by atoms with van der Waals surface area (Å²) in [7, 11) is 1.47. The van der Waals surface area contributed by atoms with E-state index < -0.39 is 12.0 Å². The molecule has 1 heterocycles. The number of anilines is 1. The summed E-state index contributed by atoms with van der Waals surface area (Å²) in [4.78, 5) is 19.3. The van der Waals surface area contributed by atoms with Crippen molar-refractivity contribution in [1.82, 2.24) is 9.97 Å². The van der Waals surface area contributed by atoms with Gasteiger partial charge >= 0.3 is 5.97 Å². The van der Waals surface area contributed by atoms with E-state index in [1.165, 1.54) is 19.5 Å². The van der Waals surface area contributed by atoms with E-state index in [1.54, 1.807) is 24.3 Å². The van der Waals surface area contributed by atoms with Gasteiger partial charge in [-0.1, -0.05) is 30.3 Å². The second-order valence-electron chi connectivity index (χ2n) is 3.77. The van der Waals surface area contributed by atoms with Gasteiger partial charge in [0.2, 0.25) is 5.88 Å². The first-order valence-electron chi connectivity index (χ1n) is 5.61. The van der Waals surface area contributed by atoms with Gasteiger partial charge in [0, 0.05) is 0 Å². The molecule has 0 radical (unpaired) electrons. The first-order valence-corrected chi connectivity index (χ1v) is 5.61. The molecule has 6 heteroatoms. The highest BCUT2D eigenvalue weighted by molar-refractivity contribution is 5.78. The molecule has 1 aromatic heterocycles. The summed E-state index contributed by atoms with van der Waals surface area (Å²) < 4.78 is 4.94. The molecule has 2 rings (SSSR count). The Hall–Kier alpha value is -2.63. The minimum atomic E-state index is -0.990. The van der Waals surface area contributed by atoms with Crippen LogP contribution in [0.2, 0.25) is 0 Å². The number of carboxylic acids is 1. The van der Waals surface area contributed by atoms with E-state index in [9.17, 15) is 9.90 Å². The lowest BCUT2D eigenvalue weighted by molar-refractivity contribution is -0.138. The predicted octanol–water partition coefficient (Wildman–Crippen LogP) is 1.72. The molecule has 0 amide bonds. The second kappa shape index (κ2) is 5.81. The lowest BCUT2D eigenvalue weighted by Crippen LogP contribution is -2.21. The van der Waals surface area contributed by atoms with Gasteiger partial charge in [-0.05, 0) is 5.56 Å². The van der Waals surface area contributed by atoms with Crippen LogP contribution in [0, 0.1) is 0 Å². The Balaban J connectivity index is 2.24. The molecule has 2 aromatic rings. The maximum atomic E-state index is 11.3. The van der Waals surface area contributed by atoms with E-state index in [2.05, 4.69) is 15.3 Å². The third-order valence-corrected chi connectivity index (χ3v) is 2.49. The number of carbonyl (C=O) groups is 1. The van der Waals surface area contributed by atoms with Crippen molar-refractivity contribution < 1.29 is 14.6 Å². The van der Waals surface area contributed by atoms with Crippen molar-refractivity contribution >= 4 is 11.8 Å². The molecule has 0 saturated heterocycles. The molecule has 6 nitrogen and oxygen atoms in total. The van der Waals surface area contributed by atoms with Crippen LogP contribution in [0.5, 0.6) is 5.88 Å². The summed E-state index contributed by atoms with van der Waals surface area (Å²) in [5.74, 6) is -0.325. The number of carboxylic acid groups (broad SMARTS) is 1. The number of ether oxygens (including phenoxy) is 1. The zero-order chi connectivity index (χ0) is 13.7. The third-order valence-electron chi connectivity index (χ3n) is 2.49. The Kier molecular flexibility index (Phi) is 3.92. The zero-order valence-corrected chi connectivity index (χ0v) is 10.3. The van der Waals surface area contributed by atoms with E-state index >= 15 is 0 Å². The van der Waals surface area contributed by atoms with Gasteiger partial charge in [-0.2, -0.15) is 4.98 Å². The highest BCUT2D eigenvalue weighted by Gasteiger charge is 2.19. The van der Waals surface area contributed by atoms with Gasteiger partial charge in [0.25, 0.3) is 0 Å². The van der Waals surface area contributed by atoms with E-state index in [0.29, 0.717) is 17.3 Å². The third kappa shape index (κ3) is 3.19. The topological polar surface area (TPSA) is 84.3 Å². The van der Waals surface area contributed by atoms with Crippen LogP contribution in [0.15, 0.2) is 42.7 Å². The fourth-order valence-corrected chi connectivity index (χ4v) is 1.60. The summed E-state index contributed by atoms with van der Waals surface area (Å²) >= 11 is 0. The number of rotatable bonds is 5. The second-order valence-corrected chi connectivity index (χ2v) is 3.77. The van der Waals surface area contributed by atoms with Gasteiger partial charge in [-0.25, -0.2) is 4.79 Å². The minimum Gasteiger partial charge on any atom is -0.480 e. The van der Waals surface area contributed by atoms with Gasteiger partial charge in [0.05, 0.1) is 19.5 Å². The van der Waals surface area contributed by atoms with Crippen molar-refractivity contribution in [2.45, 2.75) is 6.04 Å². The number of benzene rings is 1. The first-order chi connectivity index (χ1) is 9.20. The highest BCUT2D eigenvalue weighted by Crippen LogP contribution is 2.19. The molecule has 0 saturated carbocycles. The van der Waals surface area contributed by atoms with Crippen molar-refractivity contribution in [2.24, 2.45) is 0 Å². The summed E-state index contributed by atoms with van der Waals surface area (Å²) in [6.45, 7) is 0. The fourth-order valence-electron chi connectivity index (χ4n) is 1.60. The Labute approximate surface area is 110 Å². The molecule has 0 aliphatic rings. The molecular formula is C13H13N3O3. The molecule has 19 heavy (non-hydrogen) atoms. The van der Waals surface area contributed by atoms with E-state index in [4.69, 9.17) is 4.74 Å². The average molecular weight is 259 g/mol. The van der Waals surface area contributed by atoms with Crippen LogP contribution >= 0.6 is 0 Å². The molecule has 0 aliphatic carbocycles. The monoisotopic (exact) mass is 259 g/mol. The Morgan fingerprint density at radius 2 is 2.05 bits per heavy atom. The quantitative estimate of drug-likeness (QED) is 0.850. The van der Waals surface area contributed by atoms with Crippen molar-refractivity contribution in [1.29, 1.82) is 0 Å². The molecule has 1 atom stereocenters. The van der Waals surface area contributed by atoms with Crippen molar-refractivity contribution in [2.75, 3.05) is 12.4 Å². The van der Waals surface area contributed by atoms with Crippen molar-refractivity contribution in [3.05, 3.63) is 48.3 Å². The van der Waals surface area contributed by atoms with Crippen LogP contribution in [-0.2, 0) is 4.79 Å². The number of nitrogens with zero attached hydrogens (tertiary/aromatic N) is 2. The van der Waals surface area contributed by atoms with Crippen molar-refractivity contribution in [3.63, 3.8) is 0 Å². The maximum Gasteiger partial charge on any atom is 0.330 e. The molecule has 0 aliphatic heterocycles. The predicted molar refractivity (Wildman–Crippen MR) is 69.0 cm³/mol. The van der Waals surface area contributed by atoms with Crippen molar-refractivity contribution in [3.8, 4) is 5.88 Å². The van der Waals surface area contributed by atoms with Gasteiger partial charge in [0.1, 0.15) is 5.82 Å². The summed E-state index contributed by atoms with van der Waals surface area (Å²) in [5.41, 5.74) is 0.639. The molecular weight excluding hydrogens is 246 g/mol. The van der Waals surface area contributed by atoms with Crippen LogP contribution < -0.4 is 10.1 Å². The fraction of sp³-hybridized carbons (Fsp3) is 0.154. The molecule has 0 bridgehead atoms. The van der Waals surface area contributed by atoms with Crippen LogP contribution in [0.4, 0.5) is 5.82 Å². The van der Waals surface area contributed by atoms with E-state index in [1.807, 2.05) is 6.07 Å². The van der Waals surface area contributed by atoms with Crippen LogP contribution in [-0.4, -0.2) is 28.2 Å². The number of hydrogen-bond donors (Lipinski definition) is 2. The lowest BCUT2D eigenvalue weighted by Gasteiger charge is -2.15. The van der Waals surface area contributed by atoms with Crippen LogP contribution in [0.1, 0.15) is 11.6 Å². The summed E-state index contributed by atoms with van der Waals surface area (Å²) in [5, 5.41) is 12.1. The standard InChI is InChI=1S/C13H13N3O3/c1-19-11-8-14-7-10(15-11)16-12(13(17)18)9-5-3-2-4-6-9/h2-8,12H,1H3,(H,15,16)(H,17,18). The molecule has 98 valence electrons. The normalized spacial score (nSPS) is 11.6. The largest absolute Gasteiger partial charge is 0.480 e. The van der Waals surface area contributed by atoms with Gasteiger partial charge in [-0.15, -0.1) is 0 Å². The lowest BCUT2D eigenvalue weighted by atomic mass is 10.1. The Morgan fingerprint density at radius 3 is 2.68 bits per heavy atom.